The van der Waals surface area contributed by atoms with Crippen LogP contribution < -0.4 is 0 Å². The minimum Gasteiger partial charge on any atom is -0.389 e. The zero-order valence-corrected chi connectivity index (χ0v) is 14.0. The number of aliphatic hydroxyl groups excluding tert-OH is 1. The highest BCUT2D eigenvalue weighted by Crippen LogP contribution is 2.18. The first-order chi connectivity index (χ1) is 13.0. The summed E-state index contributed by atoms with van der Waals surface area (Å²) >= 11 is 0. The summed E-state index contributed by atoms with van der Waals surface area (Å²) in [5.74, 6) is -2.08. The van der Waals surface area contributed by atoms with Crippen molar-refractivity contribution in [2.45, 2.75) is 6.42 Å². The van der Waals surface area contributed by atoms with Crippen molar-refractivity contribution in [2.75, 3.05) is 6.61 Å². The van der Waals surface area contributed by atoms with E-state index < -0.39 is 24.2 Å². The molecule has 0 bridgehead atoms. The number of aliphatic hydroxyl groups is 1. The van der Waals surface area contributed by atoms with E-state index in [9.17, 15) is 13.2 Å². The minimum atomic E-state index is -0.891. The lowest BCUT2D eigenvalue weighted by atomic mass is 10.1. The largest absolute Gasteiger partial charge is 0.389 e. The fourth-order valence-electron chi connectivity index (χ4n) is 2.43. The summed E-state index contributed by atoms with van der Waals surface area (Å²) < 4.78 is 42.3. The van der Waals surface area contributed by atoms with Crippen LogP contribution >= 0.6 is 0 Å². The summed E-state index contributed by atoms with van der Waals surface area (Å²) in [4.78, 5) is 15.7. The molecule has 9 heteroatoms. The first-order valence-corrected chi connectivity index (χ1v) is 7.79. The molecule has 2 aromatic heterocycles. The Balaban J connectivity index is 2.14. The average Bonchev–Trinajstić information content (AvgIpc) is 3.05. The number of halogens is 3. The Bertz CT molecular complexity index is 1060. The molecule has 0 aliphatic heterocycles. The third kappa shape index (κ3) is 3.93. The Hall–Kier alpha value is -3.33. The molecule has 2 heterocycles. The predicted molar refractivity (Wildman–Crippen MR) is 94.5 cm³/mol. The first-order valence-electron chi connectivity index (χ1n) is 7.79. The van der Waals surface area contributed by atoms with Gasteiger partial charge in [0.1, 0.15) is 17.3 Å². The number of nitrogens with zero attached hydrogens (tertiary/aromatic N) is 5. The number of hydrogen-bond donors (Lipinski definition) is 1. The van der Waals surface area contributed by atoms with Crippen LogP contribution in [0.15, 0.2) is 58.7 Å². The topological polar surface area (TPSA) is 75.1 Å². The molecule has 3 aromatic rings. The van der Waals surface area contributed by atoms with Crippen LogP contribution in [0.25, 0.3) is 5.65 Å². The van der Waals surface area contributed by atoms with Crippen molar-refractivity contribution < 1.29 is 18.3 Å². The molecule has 1 aromatic carbocycles. The van der Waals surface area contributed by atoms with Gasteiger partial charge in [-0.2, -0.15) is 4.39 Å². The van der Waals surface area contributed by atoms with Crippen molar-refractivity contribution in [3.8, 4) is 0 Å². The Kier molecular flexibility index (Phi) is 5.41. The van der Waals surface area contributed by atoms with Crippen LogP contribution in [0.4, 0.5) is 13.2 Å². The van der Waals surface area contributed by atoms with E-state index in [2.05, 4.69) is 26.7 Å². The number of rotatable bonds is 5. The highest BCUT2D eigenvalue weighted by atomic mass is 19.1. The number of imidazole rings is 1. The van der Waals surface area contributed by atoms with Gasteiger partial charge in [0.15, 0.2) is 11.5 Å². The van der Waals surface area contributed by atoms with Gasteiger partial charge in [-0.3, -0.25) is 4.40 Å². The molecule has 0 atom stereocenters. The van der Waals surface area contributed by atoms with Crippen molar-refractivity contribution in [2.24, 2.45) is 9.98 Å². The third-order valence-corrected chi connectivity index (χ3v) is 3.69. The lowest BCUT2D eigenvalue weighted by molar-refractivity contribution is 0.298. The molecule has 0 saturated carbocycles. The van der Waals surface area contributed by atoms with Gasteiger partial charge in [-0.1, -0.05) is 18.2 Å². The van der Waals surface area contributed by atoms with Crippen LogP contribution in [0.1, 0.15) is 17.0 Å². The number of benzene rings is 1. The maximum atomic E-state index is 14.1. The molecule has 0 aliphatic carbocycles. The van der Waals surface area contributed by atoms with E-state index in [1.807, 2.05) is 0 Å². The molecule has 6 nitrogen and oxygen atoms in total. The molecule has 27 heavy (non-hydrogen) atoms. The van der Waals surface area contributed by atoms with E-state index in [0.717, 1.165) is 16.8 Å². The SMILES string of the molecule is C=NC(=N/C=C(/F)CO)c1cn2c(F)cnc2c(Cc2ccccc2F)n1. The predicted octanol–water partition coefficient (Wildman–Crippen LogP) is 2.85. The average molecular weight is 373 g/mol. The minimum absolute atomic E-state index is 0.0474. The molecule has 0 saturated heterocycles. The van der Waals surface area contributed by atoms with E-state index in [1.165, 1.54) is 12.3 Å². The summed E-state index contributed by atoms with van der Waals surface area (Å²) in [7, 11) is 0. The van der Waals surface area contributed by atoms with Crippen molar-refractivity contribution >= 4 is 18.2 Å². The second kappa shape index (κ2) is 7.92. The van der Waals surface area contributed by atoms with E-state index >= 15 is 0 Å². The quantitative estimate of drug-likeness (QED) is 0.552. The number of hydrogen-bond acceptors (Lipinski definition) is 4. The Morgan fingerprint density at radius 1 is 1.30 bits per heavy atom. The van der Waals surface area contributed by atoms with Crippen molar-refractivity contribution in [1.82, 2.24) is 14.4 Å². The van der Waals surface area contributed by atoms with Gasteiger partial charge in [-0.25, -0.2) is 28.7 Å². The fraction of sp³-hybridized carbons (Fsp3) is 0.111. The van der Waals surface area contributed by atoms with Crippen LogP contribution in [0.5, 0.6) is 0 Å². The second-order valence-corrected chi connectivity index (χ2v) is 5.46. The van der Waals surface area contributed by atoms with Crippen LogP contribution in [-0.2, 0) is 6.42 Å². The maximum absolute atomic E-state index is 14.1. The highest BCUT2D eigenvalue weighted by molar-refractivity contribution is 6.00. The summed E-state index contributed by atoms with van der Waals surface area (Å²) in [5, 5.41) is 8.70. The Morgan fingerprint density at radius 3 is 2.78 bits per heavy atom. The lowest BCUT2D eigenvalue weighted by Crippen LogP contribution is -2.09. The zero-order chi connectivity index (χ0) is 19.4. The smallest absolute Gasteiger partial charge is 0.218 e. The van der Waals surface area contributed by atoms with E-state index in [-0.39, 0.29) is 29.3 Å². The normalized spacial score (nSPS) is 12.6. The van der Waals surface area contributed by atoms with Crippen molar-refractivity contribution in [1.29, 1.82) is 0 Å². The summed E-state index contributed by atoms with van der Waals surface area (Å²) in [5.41, 5.74) is 0.927. The van der Waals surface area contributed by atoms with Crippen LogP contribution in [-0.4, -0.2) is 38.6 Å². The summed E-state index contributed by atoms with van der Waals surface area (Å²) in [6, 6.07) is 6.12. The zero-order valence-electron chi connectivity index (χ0n) is 14.0. The molecular formula is C18H14F3N5O. The van der Waals surface area contributed by atoms with Crippen LogP contribution in [0.2, 0.25) is 0 Å². The second-order valence-electron chi connectivity index (χ2n) is 5.46. The molecule has 0 aliphatic rings. The first kappa shape index (κ1) is 18.5. The van der Waals surface area contributed by atoms with Crippen LogP contribution in [0, 0.1) is 11.8 Å². The molecule has 3 rings (SSSR count). The number of aromatic nitrogens is 3. The third-order valence-electron chi connectivity index (χ3n) is 3.69. The molecular weight excluding hydrogens is 359 g/mol. The summed E-state index contributed by atoms with van der Waals surface area (Å²) in [6.07, 6.45) is 3.10. The number of aliphatic imine (C=N–C) groups is 2. The molecule has 1 N–H and O–H groups in total. The van der Waals surface area contributed by atoms with Crippen LogP contribution in [0.3, 0.4) is 0 Å². The molecule has 0 amide bonds. The highest BCUT2D eigenvalue weighted by Gasteiger charge is 2.15. The van der Waals surface area contributed by atoms with E-state index in [1.54, 1.807) is 18.2 Å². The molecule has 0 spiro atoms. The maximum Gasteiger partial charge on any atom is 0.218 e. The van der Waals surface area contributed by atoms with E-state index in [0.29, 0.717) is 5.56 Å². The van der Waals surface area contributed by atoms with Gasteiger partial charge in [0.2, 0.25) is 5.95 Å². The molecule has 138 valence electrons. The van der Waals surface area contributed by atoms with Crippen molar-refractivity contribution in [3.63, 3.8) is 0 Å². The summed E-state index contributed by atoms with van der Waals surface area (Å²) in [6.45, 7) is 2.52. The standard InChI is InChI=1S/C18H14F3N5O/c1-22-17(23-7-12(19)10-27)15-9-26-16(21)8-24-18(26)14(25-15)6-11-4-2-3-5-13(11)20/h2-5,7-9,27H,1,6,10H2/b12-7+,23-17?. The monoisotopic (exact) mass is 373 g/mol. The number of fused-ring (bicyclic) bond motifs is 1. The van der Waals surface area contributed by atoms with E-state index in [4.69, 9.17) is 5.11 Å². The fourth-order valence-corrected chi connectivity index (χ4v) is 2.43. The lowest BCUT2D eigenvalue weighted by Gasteiger charge is -2.08. The molecule has 0 radical (unpaired) electrons. The van der Waals surface area contributed by atoms with Gasteiger partial charge in [0.05, 0.1) is 24.7 Å². The van der Waals surface area contributed by atoms with Gasteiger partial charge in [-0.05, 0) is 18.3 Å². The molecule has 0 fully saturated rings. The van der Waals surface area contributed by atoms with Gasteiger partial charge < -0.3 is 5.11 Å². The van der Waals surface area contributed by atoms with Gasteiger partial charge in [0, 0.05) is 12.6 Å². The van der Waals surface area contributed by atoms with Crippen molar-refractivity contribution in [3.05, 3.63) is 77.4 Å². The molecule has 0 unspecified atom stereocenters. The number of amidine groups is 1. The Morgan fingerprint density at radius 2 is 2.07 bits per heavy atom. The van der Waals surface area contributed by atoms with Gasteiger partial charge in [0.25, 0.3) is 0 Å². The Labute approximate surface area is 152 Å². The van der Waals surface area contributed by atoms with Gasteiger partial charge >= 0.3 is 0 Å². The van der Waals surface area contributed by atoms with Gasteiger partial charge in [-0.15, -0.1) is 0 Å².